The van der Waals surface area contributed by atoms with Crippen LogP contribution in [0, 0.1) is 0 Å². The molecule has 26 heavy (non-hydrogen) atoms. The molecule has 0 aromatic heterocycles. The predicted molar refractivity (Wildman–Crippen MR) is 93.5 cm³/mol. The van der Waals surface area contributed by atoms with E-state index in [0.717, 1.165) is 0 Å². The van der Waals surface area contributed by atoms with Crippen LogP contribution in [0.4, 0.5) is 0 Å². The summed E-state index contributed by atoms with van der Waals surface area (Å²) in [6.45, 7) is 0. The molecule has 0 aliphatic heterocycles. The quantitative estimate of drug-likeness (QED) is 0.710. The molecule has 6 nitrogen and oxygen atoms in total. The minimum absolute atomic E-state index is 0.119. The summed E-state index contributed by atoms with van der Waals surface area (Å²) in [4.78, 5) is 11.3. The standard InChI is InChI=1S/C19H14O6S/c20-18-11-8-14(12-17(18)19(21)22)25-13-6-9-16(10-7-13)26(23,24)15-4-2-1-3-5-15/h1-12,20H,(H,21,22). The Morgan fingerprint density at radius 3 is 2.00 bits per heavy atom. The first-order valence-corrected chi connectivity index (χ1v) is 9.00. The highest BCUT2D eigenvalue weighted by Crippen LogP contribution is 2.29. The smallest absolute Gasteiger partial charge is 0.339 e. The first-order valence-electron chi connectivity index (χ1n) is 7.52. The predicted octanol–water partition coefficient (Wildman–Crippen LogP) is 3.72. The summed E-state index contributed by atoms with van der Waals surface area (Å²) in [6.07, 6.45) is 0. The number of hydrogen-bond acceptors (Lipinski definition) is 5. The Labute approximate surface area is 149 Å². The Hall–Kier alpha value is -3.32. The fourth-order valence-electron chi connectivity index (χ4n) is 2.31. The van der Waals surface area contributed by atoms with E-state index in [0.29, 0.717) is 5.75 Å². The van der Waals surface area contributed by atoms with Crippen LogP contribution in [-0.4, -0.2) is 24.6 Å². The van der Waals surface area contributed by atoms with E-state index in [-0.39, 0.29) is 26.9 Å². The van der Waals surface area contributed by atoms with Gasteiger partial charge in [0.25, 0.3) is 0 Å². The van der Waals surface area contributed by atoms with Gasteiger partial charge in [0.2, 0.25) is 9.84 Å². The molecule has 0 unspecified atom stereocenters. The van der Waals surface area contributed by atoms with Crippen LogP contribution in [0.3, 0.4) is 0 Å². The van der Waals surface area contributed by atoms with Crippen molar-refractivity contribution in [3.63, 3.8) is 0 Å². The van der Waals surface area contributed by atoms with Crippen LogP contribution in [0.15, 0.2) is 82.6 Å². The number of benzene rings is 3. The summed E-state index contributed by atoms with van der Waals surface area (Å²) in [5.74, 6) is -1.11. The van der Waals surface area contributed by atoms with Crippen molar-refractivity contribution in [1.82, 2.24) is 0 Å². The summed E-state index contributed by atoms with van der Waals surface area (Å²) < 4.78 is 30.6. The molecule has 3 aromatic carbocycles. The Balaban J connectivity index is 1.85. The van der Waals surface area contributed by atoms with E-state index in [1.54, 1.807) is 18.2 Å². The first kappa shape index (κ1) is 17.5. The second-order valence-corrected chi connectivity index (χ2v) is 7.32. The first-order chi connectivity index (χ1) is 12.4. The van der Waals surface area contributed by atoms with E-state index in [1.165, 1.54) is 54.6 Å². The Morgan fingerprint density at radius 1 is 0.808 bits per heavy atom. The van der Waals surface area contributed by atoms with Gasteiger partial charge in [0.15, 0.2) is 0 Å². The van der Waals surface area contributed by atoms with Crippen molar-refractivity contribution in [2.75, 3.05) is 0 Å². The maximum Gasteiger partial charge on any atom is 0.339 e. The van der Waals surface area contributed by atoms with E-state index in [4.69, 9.17) is 9.84 Å². The summed E-state index contributed by atoms with van der Waals surface area (Å²) in [5, 5.41) is 18.5. The molecule has 0 aliphatic rings. The van der Waals surface area contributed by atoms with Crippen LogP contribution in [0.25, 0.3) is 0 Å². The van der Waals surface area contributed by atoms with Gasteiger partial charge in [-0.2, -0.15) is 0 Å². The molecule has 2 N–H and O–H groups in total. The lowest BCUT2D eigenvalue weighted by Crippen LogP contribution is -2.01. The highest BCUT2D eigenvalue weighted by molar-refractivity contribution is 7.91. The Kier molecular flexibility index (Phi) is 4.64. The lowest BCUT2D eigenvalue weighted by Gasteiger charge is -2.09. The third kappa shape index (κ3) is 3.52. The van der Waals surface area contributed by atoms with Gasteiger partial charge in [0, 0.05) is 0 Å². The van der Waals surface area contributed by atoms with Crippen LogP contribution in [0.1, 0.15) is 10.4 Å². The minimum atomic E-state index is -3.62. The van der Waals surface area contributed by atoms with Crippen molar-refractivity contribution < 1.29 is 28.2 Å². The van der Waals surface area contributed by atoms with Crippen molar-refractivity contribution in [2.24, 2.45) is 0 Å². The van der Waals surface area contributed by atoms with Gasteiger partial charge < -0.3 is 14.9 Å². The zero-order valence-corrected chi connectivity index (χ0v) is 14.2. The number of carboxylic acid groups (broad SMARTS) is 1. The van der Waals surface area contributed by atoms with E-state index >= 15 is 0 Å². The molecule has 0 saturated carbocycles. The number of aromatic hydroxyl groups is 1. The van der Waals surface area contributed by atoms with Gasteiger partial charge in [-0.3, -0.25) is 0 Å². The van der Waals surface area contributed by atoms with E-state index in [9.17, 15) is 18.3 Å². The zero-order valence-electron chi connectivity index (χ0n) is 13.4. The second-order valence-electron chi connectivity index (χ2n) is 5.37. The lowest BCUT2D eigenvalue weighted by atomic mass is 10.2. The number of carbonyl (C=O) groups is 1. The molecule has 0 amide bonds. The van der Waals surface area contributed by atoms with Gasteiger partial charge in [-0.05, 0) is 54.6 Å². The van der Waals surface area contributed by atoms with Crippen molar-refractivity contribution in [3.05, 3.63) is 78.4 Å². The van der Waals surface area contributed by atoms with Crippen LogP contribution < -0.4 is 4.74 Å². The molecule has 0 radical (unpaired) electrons. The zero-order chi connectivity index (χ0) is 18.7. The van der Waals surface area contributed by atoms with Crippen molar-refractivity contribution >= 4 is 15.8 Å². The van der Waals surface area contributed by atoms with Gasteiger partial charge in [0.1, 0.15) is 22.8 Å². The van der Waals surface area contributed by atoms with Crippen molar-refractivity contribution in [1.29, 1.82) is 0 Å². The maximum absolute atomic E-state index is 12.5. The summed E-state index contributed by atoms with van der Waals surface area (Å²) in [5.41, 5.74) is -0.286. The molecule has 3 aromatic rings. The highest BCUT2D eigenvalue weighted by atomic mass is 32.2. The summed E-state index contributed by atoms with van der Waals surface area (Å²) in [7, 11) is -3.62. The van der Waals surface area contributed by atoms with Crippen molar-refractivity contribution in [2.45, 2.75) is 9.79 Å². The molecule has 132 valence electrons. The number of ether oxygens (including phenoxy) is 1. The summed E-state index contributed by atoms with van der Waals surface area (Å²) in [6, 6.07) is 17.7. The molecule has 0 fully saturated rings. The molecule has 0 saturated heterocycles. The van der Waals surface area contributed by atoms with Crippen LogP contribution in [0.2, 0.25) is 0 Å². The summed E-state index contributed by atoms with van der Waals surface area (Å²) >= 11 is 0. The average molecular weight is 370 g/mol. The fraction of sp³-hybridized carbons (Fsp3) is 0. The number of phenols is 1. The normalized spacial score (nSPS) is 11.1. The van der Waals surface area contributed by atoms with Crippen molar-refractivity contribution in [3.8, 4) is 17.2 Å². The number of sulfone groups is 1. The highest BCUT2D eigenvalue weighted by Gasteiger charge is 2.17. The molecular weight excluding hydrogens is 356 g/mol. The Bertz CT molecular complexity index is 1040. The fourth-order valence-corrected chi connectivity index (χ4v) is 3.59. The number of rotatable bonds is 5. The van der Waals surface area contributed by atoms with Gasteiger partial charge in [-0.1, -0.05) is 18.2 Å². The van der Waals surface area contributed by atoms with Crippen LogP contribution >= 0.6 is 0 Å². The molecule has 0 aliphatic carbocycles. The molecular formula is C19H14O6S. The third-order valence-electron chi connectivity index (χ3n) is 3.62. The molecule has 7 heteroatoms. The van der Waals surface area contributed by atoms with E-state index in [2.05, 4.69) is 0 Å². The number of aromatic carboxylic acids is 1. The van der Waals surface area contributed by atoms with Gasteiger partial charge in [0.05, 0.1) is 9.79 Å². The Morgan fingerprint density at radius 2 is 1.38 bits per heavy atom. The van der Waals surface area contributed by atoms with E-state index < -0.39 is 15.8 Å². The SMILES string of the molecule is O=C(O)c1cc(Oc2ccc(S(=O)(=O)c3ccccc3)cc2)ccc1O. The molecule has 0 bridgehead atoms. The minimum Gasteiger partial charge on any atom is -0.507 e. The number of carboxylic acids is 1. The third-order valence-corrected chi connectivity index (χ3v) is 5.41. The maximum atomic E-state index is 12.5. The van der Waals surface area contributed by atoms with Gasteiger partial charge in [-0.25, -0.2) is 13.2 Å². The molecule has 0 spiro atoms. The van der Waals surface area contributed by atoms with Crippen LogP contribution in [0.5, 0.6) is 17.2 Å². The molecule has 0 heterocycles. The van der Waals surface area contributed by atoms with E-state index in [1.807, 2.05) is 0 Å². The van der Waals surface area contributed by atoms with Crippen LogP contribution in [-0.2, 0) is 9.84 Å². The average Bonchev–Trinajstić information content (AvgIpc) is 2.64. The largest absolute Gasteiger partial charge is 0.507 e. The topological polar surface area (TPSA) is 101 Å². The molecule has 3 rings (SSSR count). The monoisotopic (exact) mass is 370 g/mol. The second kappa shape index (κ2) is 6.89. The van der Waals surface area contributed by atoms with Gasteiger partial charge in [-0.15, -0.1) is 0 Å². The lowest BCUT2D eigenvalue weighted by molar-refractivity contribution is 0.0693. The van der Waals surface area contributed by atoms with Gasteiger partial charge >= 0.3 is 5.97 Å². The number of hydrogen-bond donors (Lipinski definition) is 2. The molecule has 0 atom stereocenters.